The second-order valence-electron chi connectivity index (χ2n) is 5.41. The highest BCUT2D eigenvalue weighted by molar-refractivity contribution is 7.86. The van der Waals surface area contributed by atoms with Gasteiger partial charge >= 0.3 is 16.3 Å². The lowest BCUT2D eigenvalue weighted by atomic mass is 10.2. The van der Waals surface area contributed by atoms with E-state index >= 15 is 0 Å². The minimum atomic E-state index is -4.80. The molecule has 0 radical (unpaired) electrons. The van der Waals surface area contributed by atoms with E-state index in [9.17, 15) is 17.1 Å². The van der Waals surface area contributed by atoms with Gasteiger partial charge in [-0.2, -0.15) is 8.42 Å². The van der Waals surface area contributed by atoms with Crippen LogP contribution in [-0.4, -0.2) is 26.7 Å². The average Bonchev–Trinajstić information content (AvgIpc) is 2.35. The van der Waals surface area contributed by atoms with Crippen molar-refractivity contribution in [1.29, 1.82) is 0 Å². The van der Waals surface area contributed by atoms with E-state index in [1.165, 1.54) is 12.1 Å². The summed E-state index contributed by atoms with van der Waals surface area (Å²) in [6, 6.07) is 5.55. The molecular formula is C15H18FNO4S. The molecule has 0 heterocycles. The molecule has 1 rings (SSSR count). The van der Waals surface area contributed by atoms with Crippen LogP contribution in [0, 0.1) is 11.8 Å². The summed E-state index contributed by atoms with van der Waals surface area (Å²) in [6.45, 7) is 5.49. The minimum absolute atomic E-state index is 0.0854. The van der Waals surface area contributed by atoms with Crippen molar-refractivity contribution in [2.24, 2.45) is 0 Å². The molecule has 1 N–H and O–H groups in total. The Morgan fingerprint density at radius 1 is 1.32 bits per heavy atom. The van der Waals surface area contributed by atoms with Crippen LogP contribution in [0.1, 0.15) is 32.8 Å². The molecule has 0 saturated carbocycles. The van der Waals surface area contributed by atoms with Crippen molar-refractivity contribution < 1.29 is 21.8 Å². The summed E-state index contributed by atoms with van der Waals surface area (Å²) in [5.74, 6) is 5.26. The van der Waals surface area contributed by atoms with Crippen LogP contribution in [-0.2, 0) is 15.0 Å². The lowest BCUT2D eigenvalue weighted by molar-refractivity contribution is 0.0529. The van der Waals surface area contributed by atoms with Crippen molar-refractivity contribution in [3.05, 3.63) is 29.8 Å². The highest BCUT2D eigenvalue weighted by atomic mass is 32.3. The van der Waals surface area contributed by atoms with Crippen LogP contribution in [0.15, 0.2) is 29.2 Å². The van der Waals surface area contributed by atoms with E-state index in [0.717, 1.165) is 6.07 Å². The second-order valence-corrected chi connectivity index (χ2v) is 6.73. The van der Waals surface area contributed by atoms with Crippen LogP contribution < -0.4 is 5.32 Å². The van der Waals surface area contributed by atoms with Crippen molar-refractivity contribution >= 4 is 16.3 Å². The van der Waals surface area contributed by atoms with Gasteiger partial charge in [-0.15, -0.1) is 3.89 Å². The van der Waals surface area contributed by atoms with E-state index in [1.54, 1.807) is 26.8 Å². The third kappa shape index (κ3) is 6.59. The molecule has 0 aliphatic heterocycles. The first-order chi connectivity index (χ1) is 10.1. The normalized spacial score (nSPS) is 11.3. The van der Waals surface area contributed by atoms with Crippen LogP contribution in [0.25, 0.3) is 0 Å². The molecule has 1 amide bonds. The maximum atomic E-state index is 13.1. The fourth-order valence-electron chi connectivity index (χ4n) is 1.48. The van der Waals surface area contributed by atoms with Crippen LogP contribution in [0.5, 0.6) is 0 Å². The van der Waals surface area contributed by atoms with Gasteiger partial charge in [-0.25, -0.2) is 4.79 Å². The molecule has 7 heteroatoms. The van der Waals surface area contributed by atoms with E-state index in [4.69, 9.17) is 4.74 Å². The number of carbonyl (C=O) groups excluding carboxylic acids is 1. The Morgan fingerprint density at radius 3 is 2.55 bits per heavy atom. The maximum Gasteiger partial charge on any atom is 0.407 e. The zero-order chi connectivity index (χ0) is 16.8. The first-order valence-electron chi connectivity index (χ1n) is 6.59. The zero-order valence-electron chi connectivity index (χ0n) is 12.6. The quantitative estimate of drug-likeness (QED) is 0.526. The Balaban J connectivity index is 2.58. The first-order valence-corrected chi connectivity index (χ1v) is 7.97. The maximum absolute atomic E-state index is 13.1. The summed E-state index contributed by atoms with van der Waals surface area (Å²) >= 11 is 0. The van der Waals surface area contributed by atoms with Gasteiger partial charge in [0.15, 0.2) is 0 Å². The molecule has 0 fully saturated rings. The topological polar surface area (TPSA) is 72.5 Å². The third-order valence-corrected chi connectivity index (χ3v) is 3.17. The molecule has 0 unspecified atom stereocenters. The summed E-state index contributed by atoms with van der Waals surface area (Å²) in [6.07, 6.45) is -0.277. The Bertz CT molecular complexity index is 696. The van der Waals surface area contributed by atoms with Gasteiger partial charge in [0.05, 0.1) is 0 Å². The Hall–Kier alpha value is -2.07. The van der Waals surface area contributed by atoms with E-state index in [0.29, 0.717) is 0 Å². The highest BCUT2D eigenvalue weighted by Crippen LogP contribution is 2.16. The number of rotatable bonds is 3. The summed E-state index contributed by atoms with van der Waals surface area (Å²) in [5, 5.41) is 2.51. The molecule has 0 spiro atoms. The summed E-state index contributed by atoms with van der Waals surface area (Å²) in [5.41, 5.74) is -0.494. The second kappa shape index (κ2) is 7.27. The van der Waals surface area contributed by atoms with Gasteiger partial charge in [0, 0.05) is 18.5 Å². The zero-order valence-corrected chi connectivity index (χ0v) is 13.5. The Morgan fingerprint density at radius 2 is 1.95 bits per heavy atom. The van der Waals surface area contributed by atoms with E-state index in [2.05, 4.69) is 17.2 Å². The predicted octanol–water partition coefficient (Wildman–Crippen LogP) is 2.61. The number of hydrogen-bond donors (Lipinski definition) is 1. The van der Waals surface area contributed by atoms with Gasteiger partial charge in [0.25, 0.3) is 0 Å². The molecular weight excluding hydrogens is 309 g/mol. The summed E-state index contributed by atoms with van der Waals surface area (Å²) in [4.78, 5) is 10.9. The van der Waals surface area contributed by atoms with Crippen molar-refractivity contribution in [2.75, 3.05) is 6.54 Å². The number of hydrogen-bond acceptors (Lipinski definition) is 4. The van der Waals surface area contributed by atoms with Gasteiger partial charge in [-0.05, 0) is 32.9 Å². The molecule has 5 nitrogen and oxygen atoms in total. The fraction of sp³-hybridized carbons (Fsp3) is 0.400. The highest BCUT2D eigenvalue weighted by Gasteiger charge is 2.16. The van der Waals surface area contributed by atoms with Gasteiger partial charge in [-0.3, -0.25) is 0 Å². The Kier molecular flexibility index (Phi) is 5.94. The number of ether oxygens (including phenoxy) is 1. The lowest BCUT2D eigenvalue weighted by Crippen LogP contribution is -2.32. The molecule has 0 aliphatic carbocycles. The van der Waals surface area contributed by atoms with Crippen molar-refractivity contribution in [3.63, 3.8) is 0 Å². The van der Waals surface area contributed by atoms with Crippen molar-refractivity contribution in [2.45, 2.75) is 37.7 Å². The average molecular weight is 327 g/mol. The van der Waals surface area contributed by atoms with Gasteiger partial charge in [0.2, 0.25) is 0 Å². The number of halogens is 1. The first kappa shape index (κ1) is 18.0. The van der Waals surface area contributed by atoms with E-state index < -0.39 is 26.8 Å². The van der Waals surface area contributed by atoms with Crippen LogP contribution in [0.2, 0.25) is 0 Å². The molecule has 0 atom stereocenters. The number of benzene rings is 1. The van der Waals surface area contributed by atoms with Crippen LogP contribution >= 0.6 is 0 Å². The molecule has 22 heavy (non-hydrogen) atoms. The third-order valence-electron chi connectivity index (χ3n) is 2.29. The number of carbonyl (C=O) groups is 1. The molecule has 0 aliphatic rings. The van der Waals surface area contributed by atoms with Crippen LogP contribution in [0.3, 0.4) is 0 Å². The van der Waals surface area contributed by atoms with Gasteiger partial charge in [0.1, 0.15) is 10.5 Å². The SMILES string of the molecule is CC(C)(C)OC(=O)NCCC#Cc1ccccc1S(=O)(=O)F. The van der Waals surface area contributed by atoms with Crippen molar-refractivity contribution in [3.8, 4) is 11.8 Å². The Labute approximate surface area is 130 Å². The van der Waals surface area contributed by atoms with Crippen LogP contribution in [0.4, 0.5) is 8.68 Å². The lowest BCUT2D eigenvalue weighted by Gasteiger charge is -2.19. The number of amides is 1. The standard InChI is InChI=1S/C15H18FNO4S/c1-15(2,3)21-14(18)17-11-7-6-9-12-8-4-5-10-13(12)22(16,19)20/h4-5,8,10H,7,11H2,1-3H3,(H,17,18). The smallest absolute Gasteiger partial charge is 0.407 e. The van der Waals surface area contributed by atoms with E-state index in [1.807, 2.05) is 0 Å². The fourth-order valence-corrected chi connectivity index (χ4v) is 2.10. The molecule has 120 valence electrons. The number of nitrogens with one attached hydrogen (secondary N) is 1. The van der Waals surface area contributed by atoms with Gasteiger partial charge < -0.3 is 10.1 Å². The molecule has 0 aromatic heterocycles. The predicted molar refractivity (Wildman–Crippen MR) is 80.5 cm³/mol. The molecule has 0 bridgehead atoms. The molecule has 1 aromatic carbocycles. The van der Waals surface area contributed by atoms with Crippen molar-refractivity contribution in [1.82, 2.24) is 5.32 Å². The summed E-state index contributed by atoms with van der Waals surface area (Å²) < 4.78 is 40.0. The molecule has 1 aromatic rings. The molecule has 0 saturated heterocycles. The minimum Gasteiger partial charge on any atom is -0.444 e. The van der Waals surface area contributed by atoms with E-state index in [-0.39, 0.29) is 18.5 Å². The monoisotopic (exact) mass is 327 g/mol. The summed E-state index contributed by atoms with van der Waals surface area (Å²) in [7, 11) is -4.80. The van der Waals surface area contributed by atoms with Gasteiger partial charge in [-0.1, -0.05) is 24.0 Å². The number of alkyl carbamates (subject to hydrolysis) is 1. The largest absolute Gasteiger partial charge is 0.444 e.